The number of rotatable bonds is 5. The van der Waals surface area contributed by atoms with Gasteiger partial charge < -0.3 is 19.1 Å². The minimum atomic E-state index is 0.606. The highest BCUT2D eigenvalue weighted by molar-refractivity contribution is 5.86. The summed E-state index contributed by atoms with van der Waals surface area (Å²) in [6.45, 7) is 6.05. The molecule has 0 unspecified atom stereocenters. The Labute approximate surface area is 157 Å². The Morgan fingerprint density at radius 1 is 1.11 bits per heavy atom. The lowest BCUT2D eigenvalue weighted by molar-refractivity contribution is 0.292. The van der Waals surface area contributed by atoms with E-state index in [9.17, 15) is 0 Å². The van der Waals surface area contributed by atoms with E-state index < -0.39 is 0 Å². The first-order chi connectivity index (χ1) is 13.3. The second kappa shape index (κ2) is 6.68. The summed E-state index contributed by atoms with van der Waals surface area (Å²) in [6, 6.07) is 6.91. The quantitative estimate of drug-likeness (QED) is 0.681. The van der Waals surface area contributed by atoms with Gasteiger partial charge in [0.25, 0.3) is 0 Å². The first-order valence-corrected chi connectivity index (χ1v) is 9.44. The van der Waals surface area contributed by atoms with Crippen LogP contribution in [-0.2, 0) is 0 Å². The van der Waals surface area contributed by atoms with Crippen molar-refractivity contribution < 1.29 is 9.26 Å². The van der Waals surface area contributed by atoms with Gasteiger partial charge in [0.15, 0.2) is 5.82 Å². The summed E-state index contributed by atoms with van der Waals surface area (Å²) < 4.78 is 11.2. The van der Waals surface area contributed by atoms with Gasteiger partial charge >= 0.3 is 6.01 Å². The van der Waals surface area contributed by atoms with Gasteiger partial charge in [-0.05, 0) is 43.9 Å². The molecular weight excluding hydrogens is 344 g/mol. The normalized spacial score (nSPS) is 17.5. The molecule has 1 aliphatic heterocycles. The lowest BCUT2D eigenvalue weighted by Gasteiger charge is -2.35. The topological polar surface area (TPSA) is 80.4 Å². The smallest absolute Gasteiger partial charge is 0.324 e. The molecule has 1 aromatic carbocycles. The average Bonchev–Trinajstić information content (AvgIpc) is 3.44. The van der Waals surface area contributed by atoms with Crippen LogP contribution in [-0.4, -0.2) is 52.9 Å². The molecule has 1 aliphatic carbocycles. The molecule has 0 amide bonds. The molecule has 0 bridgehead atoms. The van der Waals surface area contributed by atoms with Gasteiger partial charge in [-0.3, -0.25) is 0 Å². The fourth-order valence-corrected chi connectivity index (χ4v) is 3.38. The van der Waals surface area contributed by atoms with E-state index >= 15 is 0 Å². The Morgan fingerprint density at radius 2 is 1.93 bits per heavy atom. The molecule has 1 saturated carbocycles. The highest BCUT2D eigenvalue weighted by atomic mass is 16.5. The molecule has 2 aliphatic rings. The van der Waals surface area contributed by atoms with Gasteiger partial charge in [-0.1, -0.05) is 5.16 Å². The van der Waals surface area contributed by atoms with Gasteiger partial charge in [0.05, 0.1) is 17.5 Å². The molecule has 27 heavy (non-hydrogen) atoms. The molecule has 0 N–H and O–H groups in total. The fourth-order valence-electron chi connectivity index (χ4n) is 3.38. The van der Waals surface area contributed by atoms with Crippen molar-refractivity contribution in [3.8, 4) is 5.88 Å². The van der Waals surface area contributed by atoms with E-state index in [1.807, 2.05) is 13.0 Å². The lowest BCUT2D eigenvalue weighted by atomic mass is 10.2. The predicted molar refractivity (Wildman–Crippen MR) is 101 cm³/mol. The molecule has 2 fully saturated rings. The first kappa shape index (κ1) is 16.3. The number of aryl methyl sites for hydroxylation is 1. The van der Waals surface area contributed by atoms with E-state index in [4.69, 9.17) is 9.26 Å². The van der Waals surface area contributed by atoms with Gasteiger partial charge in [-0.25, -0.2) is 9.97 Å². The van der Waals surface area contributed by atoms with Crippen molar-refractivity contribution in [1.82, 2.24) is 20.1 Å². The van der Waals surface area contributed by atoms with Crippen LogP contribution in [0.1, 0.15) is 18.7 Å². The predicted octanol–water partition coefficient (Wildman–Crippen LogP) is 2.44. The van der Waals surface area contributed by atoms with E-state index in [2.05, 4.69) is 42.0 Å². The van der Waals surface area contributed by atoms with Crippen LogP contribution >= 0.6 is 0 Å². The van der Waals surface area contributed by atoms with Crippen molar-refractivity contribution in [1.29, 1.82) is 0 Å². The molecule has 5 rings (SSSR count). The summed E-state index contributed by atoms with van der Waals surface area (Å²) in [5.74, 6) is 2.05. The number of anilines is 2. The third-order valence-corrected chi connectivity index (χ3v) is 5.17. The van der Waals surface area contributed by atoms with Crippen LogP contribution in [0.15, 0.2) is 29.0 Å². The number of fused-ring (bicyclic) bond motifs is 1. The van der Waals surface area contributed by atoms with Crippen LogP contribution < -0.4 is 14.5 Å². The van der Waals surface area contributed by atoms with Crippen LogP contribution in [0, 0.1) is 12.8 Å². The van der Waals surface area contributed by atoms with E-state index in [-0.39, 0.29) is 0 Å². The van der Waals surface area contributed by atoms with Crippen LogP contribution in [0.3, 0.4) is 0 Å². The summed E-state index contributed by atoms with van der Waals surface area (Å²) in [5.41, 5.74) is 2.08. The molecular formula is C19H22N6O2. The zero-order valence-corrected chi connectivity index (χ0v) is 15.3. The van der Waals surface area contributed by atoms with Crippen molar-refractivity contribution in [3.63, 3.8) is 0 Å². The SMILES string of the molecule is Cc1noc(N2CCN(c3ccc4ncnc(OCC5CC5)c4c3)CC2)n1. The molecule has 1 saturated heterocycles. The molecule has 140 valence electrons. The van der Waals surface area contributed by atoms with Gasteiger partial charge in [0.1, 0.15) is 6.33 Å². The summed E-state index contributed by atoms with van der Waals surface area (Å²) in [5, 5.41) is 4.86. The second-order valence-electron chi connectivity index (χ2n) is 7.23. The van der Waals surface area contributed by atoms with Gasteiger partial charge in [0.2, 0.25) is 5.88 Å². The Hall–Kier alpha value is -2.90. The molecule has 8 heteroatoms. The second-order valence-corrected chi connectivity index (χ2v) is 7.23. The van der Waals surface area contributed by atoms with E-state index in [0.29, 0.717) is 23.6 Å². The molecule has 0 atom stereocenters. The maximum atomic E-state index is 5.96. The Bertz CT molecular complexity index is 946. The first-order valence-electron chi connectivity index (χ1n) is 9.44. The van der Waals surface area contributed by atoms with Crippen LogP contribution in [0.25, 0.3) is 10.9 Å². The van der Waals surface area contributed by atoms with Crippen molar-refractivity contribution in [2.45, 2.75) is 19.8 Å². The number of nitrogens with zero attached hydrogens (tertiary/aromatic N) is 6. The van der Waals surface area contributed by atoms with Gasteiger partial charge in [0, 0.05) is 31.9 Å². The largest absolute Gasteiger partial charge is 0.477 e. The average molecular weight is 366 g/mol. The molecule has 3 heterocycles. The third kappa shape index (κ3) is 3.39. The Kier molecular flexibility index (Phi) is 4.03. The maximum absolute atomic E-state index is 5.96. The number of benzene rings is 1. The zero-order chi connectivity index (χ0) is 18.2. The number of ether oxygens (including phenoxy) is 1. The molecule has 3 aromatic rings. The number of aromatic nitrogens is 4. The van der Waals surface area contributed by atoms with Crippen molar-refractivity contribution in [3.05, 3.63) is 30.4 Å². The molecule has 0 spiro atoms. The Morgan fingerprint density at radius 3 is 2.67 bits per heavy atom. The summed E-state index contributed by atoms with van der Waals surface area (Å²) >= 11 is 0. The lowest BCUT2D eigenvalue weighted by Crippen LogP contribution is -2.46. The number of hydrogen-bond donors (Lipinski definition) is 0. The summed E-state index contributed by atoms with van der Waals surface area (Å²) in [7, 11) is 0. The van der Waals surface area contributed by atoms with Crippen LogP contribution in [0.4, 0.5) is 11.7 Å². The Balaban J connectivity index is 1.33. The highest BCUT2D eigenvalue weighted by Gasteiger charge is 2.24. The van der Waals surface area contributed by atoms with E-state index in [1.54, 1.807) is 6.33 Å². The standard InChI is InChI=1S/C19H22N6O2/c1-13-22-19(27-23-13)25-8-6-24(7-9-25)15-4-5-17-16(10-15)18(21-12-20-17)26-11-14-2-3-14/h4-5,10,12,14H,2-3,6-9,11H2,1H3. The van der Waals surface area contributed by atoms with Crippen LogP contribution in [0.2, 0.25) is 0 Å². The number of hydrogen-bond acceptors (Lipinski definition) is 8. The van der Waals surface area contributed by atoms with Crippen LogP contribution in [0.5, 0.6) is 5.88 Å². The van der Waals surface area contributed by atoms with Crippen molar-refractivity contribution >= 4 is 22.6 Å². The highest BCUT2D eigenvalue weighted by Crippen LogP contribution is 2.32. The third-order valence-electron chi connectivity index (χ3n) is 5.17. The van der Waals surface area contributed by atoms with Crippen molar-refractivity contribution in [2.75, 3.05) is 42.6 Å². The van der Waals surface area contributed by atoms with E-state index in [0.717, 1.165) is 49.4 Å². The summed E-state index contributed by atoms with van der Waals surface area (Å²) in [4.78, 5) is 17.5. The van der Waals surface area contributed by atoms with Gasteiger partial charge in [-0.15, -0.1) is 0 Å². The fraction of sp³-hybridized carbons (Fsp3) is 0.474. The van der Waals surface area contributed by atoms with E-state index in [1.165, 1.54) is 12.8 Å². The van der Waals surface area contributed by atoms with Crippen molar-refractivity contribution in [2.24, 2.45) is 5.92 Å². The number of piperazine rings is 1. The monoisotopic (exact) mass is 366 g/mol. The molecule has 8 nitrogen and oxygen atoms in total. The summed E-state index contributed by atoms with van der Waals surface area (Å²) in [6.07, 6.45) is 4.10. The molecule has 2 aromatic heterocycles. The van der Waals surface area contributed by atoms with Gasteiger partial charge in [-0.2, -0.15) is 4.98 Å². The maximum Gasteiger partial charge on any atom is 0.324 e. The zero-order valence-electron chi connectivity index (χ0n) is 15.3. The minimum absolute atomic E-state index is 0.606. The molecule has 0 radical (unpaired) electrons. The minimum Gasteiger partial charge on any atom is -0.477 e.